The molecule has 1 aromatic carbocycles. The Morgan fingerprint density at radius 3 is 2.67 bits per heavy atom. The number of aliphatic imine (C=N–C) groups is 1. The van der Waals surface area contributed by atoms with Crippen molar-refractivity contribution in [3.63, 3.8) is 0 Å². The Kier molecular flexibility index (Phi) is 6.75. The molecule has 0 spiro atoms. The summed E-state index contributed by atoms with van der Waals surface area (Å²) in [7, 11) is -2.73. The number of benzene rings is 1. The molecule has 0 saturated carbocycles. The van der Waals surface area contributed by atoms with E-state index in [1.54, 1.807) is 0 Å². The van der Waals surface area contributed by atoms with Gasteiger partial charge in [0.15, 0.2) is 17.5 Å². The van der Waals surface area contributed by atoms with Crippen molar-refractivity contribution in [2.24, 2.45) is 10.7 Å². The second-order valence-electron chi connectivity index (χ2n) is 8.24. The Labute approximate surface area is 209 Å². The van der Waals surface area contributed by atoms with Crippen LogP contribution in [-0.2, 0) is 22.2 Å². The third-order valence-electron chi connectivity index (χ3n) is 5.37. The third-order valence-corrected chi connectivity index (χ3v) is 8.26. The van der Waals surface area contributed by atoms with Gasteiger partial charge in [-0.25, -0.2) is 45.8 Å². The standard InChI is InChI=1S/C22H21F3N6O3S2/c1-12-10-35-19(29-12)9-34-18-8-27-17(7-28-18)15(23)5-13-4-14(20(25)16(24)6-13)22(2)11-36(32,33)31(3)21(26)30-22/h4-8,10H,9,11H2,1-3H3,(H2,26,30)/b15-5-/t22-/m0/s1. The van der Waals surface area contributed by atoms with Gasteiger partial charge in [0, 0.05) is 23.7 Å². The van der Waals surface area contributed by atoms with Gasteiger partial charge in [-0.1, -0.05) is 0 Å². The van der Waals surface area contributed by atoms with E-state index in [9.17, 15) is 21.6 Å². The molecule has 1 atom stereocenters. The fourth-order valence-corrected chi connectivity index (χ4v) is 5.65. The van der Waals surface area contributed by atoms with Crippen molar-refractivity contribution in [3.8, 4) is 5.88 Å². The summed E-state index contributed by atoms with van der Waals surface area (Å²) in [6.45, 7) is 3.35. The maximum absolute atomic E-state index is 14.9. The van der Waals surface area contributed by atoms with E-state index in [4.69, 9.17) is 10.5 Å². The van der Waals surface area contributed by atoms with Crippen LogP contribution in [0.15, 0.2) is 34.9 Å². The van der Waals surface area contributed by atoms with Gasteiger partial charge < -0.3 is 10.5 Å². The van der Waals surface area contributed by atoms with E-state index < -0.39 is 38.8 Å². The number of aryl methyl sites for hydroxylation is 1. The molecule has 36 heavy (non-hydrogen) atoms. The third kappa shape index (κ3) is 5.18. The molecule has 0 fully saturated rings. The van der Waals surface area contributed by atoms with Gasteiger partial charge in [-0.2, -0.15) is 0 Å². The maximum atomic E-state index is 14.9. The normalized spacial score (nSPS) is 19.8. The van der Waals surface area contributed by atoms with Crippen LogP contribution >= 0.6 is 11.3 Å². The fourth-order valence-electron chi connectivity index (χ4n) is 3.51. The van der Waals surface area contributed by atoms with Crippen LogP contribution < -0.4 is 10.5 Å². The SMILES string of the molecule is Cc1csc(COc2cnc(/C(F)=C/c3cc(F)c(F)c([C@]4(C)CS(=O)(=O)N(C)C(N)=N4)c3)cn2)n1. The number of guanidine groups is 1. The molecule has 2 aromatic heterocycles. The summed E-state index contributed by atoms with van der Waals surface area (Å²) in [5.74, 6) is -4.37. The van der Waals surface area contributed by atoms with E-state index in [1.165, 1.54) is 31.5 Å². The topological polar surface area (TPSA) is 124 Å². The average molecular weight is 539 g/mol. The van der Waals surface area contributed by atoms with Crippen LogP contribution in [0.3, 0.4) is 0 Å². The maximum Gasteiger partial charge on any atom is 0.239 e. The summed E-state index contributed by atoms with van der Waals surface area (Å²) in [5.41, 5.74) is 4.21. The Morgan fingerprint density at radius 1 is 1.31 bits per heavy atom. The predicted molar refractivity (Wildman–Crippen MR) is 129 cm³/mol. The smallest absolute Gasteiger partial charge is 0.239 e. The van der Waals surface area contributed by atoms with E-state index in [0.29, 0.717) is 0 Å². The minimum atomic E-state index is -3.93. The van der Waals surface area contributed by atoms with Gasteiger partial charge in [0.1, 0.15) is 22.8 Å². The van der Waals surface area contributed by atoms with E-state index in [1.807, 2.05) is 12.3 Å². The molecule has 0 bridgehead atoms. The van der Waals surface area contributed by atoms with Gasteiger partial charge in [-0.3, -0.25) is 0 Å². The zero-order valence-electron chi connectivity index (χ0n) is 19.4. The van der Waals surface area contributed by atoms with Crippen LogP contribution in [0.4, 0.5) is 13.2 Å². The lowest BCUT2D eigenvalue weighted by atomic mass is 9.92. The Balaban J connectivity index is 1.60. The first-order chi connectivity index (χ1) is 16.9. The summed E-state index contributed by atoms with van der Waals surface area (Å²) < 4.78 is 75.2. The van der Waals surface area contributed by atoms with Crippen molar-refractivity contribution in [3.05, 3.63) is 69.1 Å². The molecule has 0 radical (unpaired) electrons. The number of nitrogens with zero attached hydrogens (tertiary/aromatic N) is 5. The van der Waals surface area contributed by atoms with Crippen molar-refractivity contribution in [2.75, 3.05) is 12.8 Å². The predicted octanol–water partition coefficient (Wildman–Crippen LogP) is 3.37. The highest BCUT2D eigenvalue weighted by Gasteiger charge is 2.42. The highest BCUT2D eigenvalue weighted by atomic mass is 32.2. The molecule has 3 aromatic rings. The summed E-state index contributed by atoms with van der Waals surface area (Å²) in [6, 6.07) is 1.90. The van der Waals surface area contributed by atoms with E-state index in [-0.39, 0.29) is 35.3 Å². The number of ether oxygens (including phenoxy) is 1. The van der Waals surface area contributed by atoms with Gasteiger partial charge in [0.05, 0.1) is 18.1 Å². The molecule has 1 aliphatic rings. The molecule has 1 aliphatic heterocycles. The lowest BCUT2D eigenvalue weighted by Crippen LogP contribution is -2.50. The minimum absolute atomic E-state index is 0.0750. The number of hydrogen-bond acceptors (Lipinski definition) is 9. The van der Waals surface area contributed by atoms with Crippen molar-refractivity contribution >= 4 is 39.2 Å². The van der Waals surface area contributed by atoms with Gasteiger partial charge in [0.2, 0.25) is 21.9 Å². The van der Waals surface area contributed by atoms with Crippen LogP contribution in [-0.4, -0.2) is 46.4 Å². The monoisotopic (exact) mass is 538 g/mol. The van der Waals surface area contributed by atoms with Crippen LogP contribution in [0, 0.1) is 18.6 Å². The van der Waals surface area contributed by atoms with Gasteiger partial charge in [0.25, 0.3) is 0 Å². The first-order valence-electron chi connectivity index (χ1n) is 10.4. The number of thiazole rings is 1. The van der Waals surface area contributed by atoms with Crippen LogP contribution in [0.2, 0.25) is 0 Å². The van der Waals surface area contributed by atoms with E-state index >= 15 is 0 Å². The largest absolute Gasteiger partial charge is 0.469 e. The number of nitrogens with two attached hydrogens (primary N) is 1. The molecule has 3 heterocycles. The Bertz CT molecular complexity index is 1470. The van der Waals surface area contributed by atoms with E-state index in [2.05, 4.69) is 19.9 Å². The number of aromatic nitrogens is 3. The van der Waals surface area contributed by atoms with E-state index in [0.717, 1.165) is 39.4 Å². The summed E-state index contributed by atoms with van der Waals surface area (Å²) in [4.78, 5) is 16.3. The number of sulfonamides is 1. The molecule has 4 rings (SSSR count). The number of hydrogen-bond donors (Lipinski definition) is 1. The minimum Gasteiger partial charge on any atom is -0.469 e. The van der Waals surface area contributed by atoms with Crippen LogP contribution in [0.1, 0.15) is 34.4 Å². The lowest BCUT2D eigenvalue weighted by Gasteiger charge is -2.34. The first-order valence-corrected chi connectivity index (χ1v) is 12.9. The molecule has 0 amide bonds. The van der Waals surface area contributed by atoms with Crippen molar-refractivity contribution < 1.29 is 26.3 Å². The molecule has 14 heteroatoms. The Morgan fingerprint density at radius 2 is 2.06 bits per heavy atom. The van der Waals surface area contributed by atoms with Gasteiger partial charge in [-0.05, 0) is 37.6 Å². The summed E-state index contributed by atoms with van der Waals surface area (Å²) in [5, 5.41) is 2.63. The molecular weight excluding hydrogens is 517 g/mol. The van der Waals surface area contributed by atoms with Crippen molar-refractivity contribution in [1.82, 2.24) is 19.3 Å². The van der Waals surface area contributed by atoms with Gasteiger partial charge in [-0.15, -0.1) is 11.3 Å². The number of rotatable bonds is 6. The molecule has 190 valence electrons. The highest BCUT2D eigenvalue weighted by Crippen LogP contribution is 2.35. The average Bonchev–Trinajstić information content (AvgIpc) is 3.23. The fraction of sp³-hybridized carbons (Fsp3) is 0.273. The second kappa shape index (κ2) is 9.50. The second-order valence-corrected chi connectivity index (χ2v) is 11.2. The quantitative estimate of drug-likeness (QED) is 0.510. The highest BCUT2D eigenvalue weighted by molar-refractivity contribution is 7.89. The molecule has 0 aliphatic carbocycles. The molecule has 0 saturated heterocycles. The van der Waals surface area contributed by atoms with Crippen molar-refractivity contribution in [2.45, 2.75) is 26.0 Å². The van der Waals surface area contributed by atoms with Crippen molar-refractivity contribution in [1.29, 1.82) is 0 Å². The molecule has 2 N–H and O–H groups in total. The van der Waals surface area contributed by atoms with Crippen LogP contribution in [0.25, 0.3) is 11.9 Å². The Hall–Kier alpha value is -3.52. The van der Waals surface area contributed by atoms with Crippen LogP contribution in [0.5, 0.6) is 5.88 Å². The molecule has 0 unspecified atom stereocenters. The zero-order chi connectivity index (χ0) is 26.3. The first kappa shape index (κ1) is 25.6. The summed E-state index contributed by atoms with van der Waals surface area (Å²) in [6.07, 6.45) is 3.28. The zero-order valence-corrected chi connectivity index (χ0v) is 21.0. The lowest BCUT2D eigenvalue weighted by molar-refractivity contribution is 0.291. The van der Waals surface area contributed by atoms with Gasteiger partial charge >= 0.3 is 0 Å². The molecule has 9 nitrogen and oxygen atoms in total. The molecular formula is C22H21F3N6O3S2. The summed E-state index contributed by atoms with van der Waals surface area (Å²) >= 11 is 1.43. The number of halogens is 3.